The number of hydrogen-bond acceptors (Lipinski definition) is 7. The normalized spacial score (nSPS) is 12.7. The Labute approximate surface area is 236 Å². The van der Waals surface area contributed by atoms with Gasteiger partial charge in [-0.05, 0) is 56.0 Å². The standard InChI is InChI=1S/C28H23ClN4O4S2/c1-2-37-27(36)22-18-10-6-12-20(18)39-25(22)31-21(34)14-38-28-32-23-17-9-3-4-11-19(17)30-24(23)26(35)33(28)16-8-5-7-15(29)13-16/h3-5,7-9,11,13,30H,2,6,10,12,14H2,1H3,(H,31,34). The number of carbonyl (C=O) groups is 2. The number of rotatable bonds is 7. The van der Waals surface area contributed by atoms with Gasteiger partial charge in [0.2, 0.25) is 5.91 Å². The van der Waals surface area contributed by atoms with Gasteiger partial charge in [0.1, 0.15) is 16.0 Å². The van der Waals surface area contributed by atoms with Crippen molar-refractivity contribution in [3.63, 3.8) is 0 Å². The number of hydrogen-bond donors (Lipinski definition) is 2. The van der Waals surface area contributed by atoms with Gasteiger partial charge in [0, 0.05) is 20.8 Å². The monoisotopic (exact) mass is 578 g/mol. The van der Waals surface area contributed by atoms with Crippen LogP contribution in [0.1, 0.15) is 34.1 Å². The number of nitrogens with one attached hydrogen (secondary N) is 2. The Balaban J connectivity index is 1.35. The van der Waals surface area contributed by atoms with Gasteiger partial charge in [-0.25, -0.2) is 9.78 Å². The highest BCUT2D eigenvalue weighted by atomic mass is 35.5. The van der Waals surface area contributed by atoms with Gasteiger partial charge in [0.05, 0.1) is 23.6 Å². The van der Waals surface area contributed by atoms with Crippen molar-refractivity contribution in [3.8, 4) is 5.69 Å². The quantitative estimate of drug-likeness (QED) is 0.140. The fourth-order valence-electron chi connectivity index (χ4n) is 4.89. The van der Waals surface area contributed by atoms with Gasteiger partial charge in [0.15, 0.2) is 5.16 Å². The molecule has 11 heteroatoms. The third-order valence-corrected chi connectivity index (χ3v) is 8.93. The lowest BCUT2D eigenvalue weighted by molar-refractivity contribution is -0.113. The maximum absolute atomic E-state index is 13.7. The SMILES string of the molecule is CCOC(=O)c1c(NC(=O)CSc2nc3c([nH]c4ccccc43)c(=O)n2-c2cccc(Cl)c2)sc2c1CCC2. The summed E-state index contributed by atoms with van der Waals surface area (Å²) in [7, 11) is 0. The number of aromatic amines is 1. The Kier molecular flexibility index (Phi) is 6.92. The van der Waals surface area contributed by atoms with E-state index in [1.165, 1.54) is 15.9 Å². The molecule has 0 bridgehead atoms. The first kappa shape index (κ1) is 25.7. The molecule has 8 nitrogen and oxygen atoms in total. The Morgan fingerprint density at radius 2 is 2.05 bits per heavy atom. The number of esters is 1. The molecule has 0 spiro atoms. The van der Waals surface area contributed by atoms with E-state index in [9.17, 15) is 14.4 Å². The van der Waals surface area contributed by atoms with Gasteiger partial charge in [0.25, 0.3) is 5.56 Å². The number of nitrogens with zero attached hydrogens (tertiary/aromatic N) is 2. The topological polar surface area (TPSA) is 106 Å². The number of thiophene rings is 1. The number of H-pyrrole nitrogens is 1. The highest BCUT2D eigenvalue weighted by molar-refractivity contribution is 7.99. The van der Waals surface area contributed by atoms with Crippen LogP contribution in [0.2, 0.25) is 5.02 Å². The van der Waals surface area contributed by atoms with E-state index in [0.29, 0.717) is 37.5 Å². The van der Waals surface area contributed by atoms with Crippen LogP contribution < -0.4 is 10.9 Å². The minimum Gasteiger partial charge on any atom is -0.462 e. The van der Waals surface area contributed by atoms with Gasteiger partial charge in [-0.15, -0.1) is 11.3 Å². The van der Waals surface area contributed by atoms with E-state index >= 15 is 0 Å². The number of amides is 1. The molecule has 0 radical (unpaired) electrons. The number of para-hydroxylation sites is 1. The smallest absolute Gasteiger partial charge is 0.341 e. The van der Waals surface area contributed by atoms with Crippen LogP contribution in [0.25, 0.3) is 27.6 Å². The van der Waals surface area contributed by atoms with Crippen molar-refractivity contribution in [2.75, 3.05) is 17.7 Å². The molecule has 0 saturated carbocycles. The maximum atomic E-state index is 13.7. The molecule has 0 fully saturated rings. The third kappa shape index (κ3) is 4.73. The lowest BCUT2D eigenvalue weighted by atomic mass is 10.1. The van der Waals surface area contributed by atoms with Gasteiger partial charge in [-0.3, -0.25) is 14.2 Å². The second-order valence-electron chi connectivity index (χ2n) is 9.03. The van der Waals surface area contributed by atoms with E-state index < -0.39 is 5.97 Å². The molecule has 3 heterocycles. The van der Waals surface area contributed by atoms with Crippen LogP contribution in [0.5, 0.6) is 0 Å². The molecule has 5 aromatic rings. The Hall–Kier alpha value is -3.60. The van der Waals surface area contributed by atoms with Crippen molar-refractivity contribution in [3.05, 3.63) is 79.9 Å². The van der Waals surface area contributed by atoms with Crippen LogP contribution in [0.3, 0.4) is 0 Å². The van der Waals surface area contributed by atoms with E-state index in [-0.39, 0.29) is 23.8 Å². The molecular formula is C28H23ClN4O4S2. The van der Waals surface area contributed by atoms with Crippen molar-refractivity contribution in [1.29, 1.82) is 0 Å². The van der Waals surface area contributed by atoms with Gasteiger partial charge in [-0.1, -0.05) is 47.6 Å². The van der Waals surface area contributed by atoms with Crippen molar-refractivity contribution in [2.45, 2.75) is 31.3 Å². The molecular weight excluding hydrogens is 556 g/mol. The van der Waals surface area contributed by atoms with E-state index in [1.807, 2.05) is 24.3 Å². The fourth-order valence-corrected chi connectivity index (χ4v) is 7.17. The van der Waals surface area contributed by atoms with Crippen LogP contribution in [0, 0.1) is 0 Å². The number of aryl methyl sites for hydroxylation is 1. The number of fused-ring (bicyclic) bond motifs is 4. The van der Waals surface area contributed by atoms with Crippen LogP contribution in [0.4, 0.5) is 5.00 Å². The number of halogens is 1. The molecule has 0 aliphatic heterocycles. The number of anilines is 1. The van der Waals surface area contributed by atoms with Crippen LogP contribution >= 0.6 is 34.7 Å². The highest BCUT2D eigenvalue weighted by Crippen LogP contribution is 2.39. The highest BCUT2D eigenvalue weighted by Gasteiger charge is 2.28. The molecule has 39 heavy (non-hydrogen) atoms. The van der Waals surface area contributed by atoms with E-state index in [0.717, 1.165) is 52.4 Å². The first-order valence-electron chi connectivity index (χ1n) is 12.5. The minimum absolute atomic E-state index is 0.0221. The lowest BCUT2D eigenvalue weighted by Gasteiger charge is -2.13. The number of carbonyl (C=O) groups excluding carboxylic acids is 2. The number of benzene rings is 2. The summed E-state index contributed by atoms with van der Waals surface area (Å²) in [6, 6.07) is 14.5. The average molecular weight is 579 g/mol. The van der Waals surface area contributed by atoms with E-state index in [4.69, 9.17) is 21.3 Å². The summed E-state index contributed by atoms with van der Waals surface area (Å²) in [4.78, 5) is 48.7. The molecule has 2 aromatic carbocycles. The molecule has 0 saturated heterocycles. The molecule has 3 aromatic heterocycles. The summed E-state index contributed by atoms with van der Waals surface area (Å²) in [6.45, 7) is 2.02. The molecule has 1 aliphatic carbocycles. The Bertz CT molecular complexity index is 1820. The summed E-state index contributed by atoms with van der Waals surface area (Å²) in [5, 5.41) is 5.07. The summed E-state index contributed by atoms with van der Waals surface area (Å²) in [6.07, 6.45) is 2.67. The Morgan fingerprint density at radius 3 is 2.87 bits per heavy atom. The molecule has 198 valence electrons. The Morgan fingerprint density at radius 1 is 1.21 bits per heavy atom. The zero-order valence-corrected chi connectivity index (χ0v) is 23.3. The van der Waals surface area contributed by atoms with Gasteiger partial charge < -0.3 is 15.0 Å². The second-order valence-corrected chi connectivity index (χ2v) is 11.5. The predicted molar refractivity (Wildman–Crippen MR) is 156 cm³/mol. The van der Waals surface area contributed by atoms with Crippen LogP contribution in [-0.2, 0) is 22.4 Å². The van der Waals surface area contributed by atoms with Crippen LogP contribution in [0.15, 0.2) is 58.5 Å². The number of thioether (sulfide) groups is 1. The second kappa shape index (κ2) is 10.5. The summed E-state index contributed by atoms with van der Waals surface area (Å²) < 4.78 is 6.73. The summed E-state index contributed by atoms with van der Waals surface area (Å²) in [5.74, 6) is -0.747. The first-order chi connectivity index (χ1) is 18.9. The minimum atomic E-state index is -0.416. The van der Waals surface area contributed by atoms with Gasteiger partial charge >= 0.3 is 5.97 Å². The maximum Gasteiger partial charge on any atom is 0.341 e. The zero-order valence-electron chi connectivity index (χ0n) is 20.9. The zero-order chi connectivity index (χ0) is 27.1. The fraction of sp³-hybridized carbons (Fsp3) is 0.214. The molecule has 0 atom stereocenters. The molecule has 6 rings (SSSR count). The summed E-state index contributed by atoms with van der Waals surface area (Å²) >= 11 is 8.82. The van der Waals surface area contributed by atoms with Crippen LogP contribution in [-0.4, -0.2) is 38.8 Å². The van der Waals surface area contributed by atoms with Crippen molar-refractivity contribution >= 4 is 73.5 Å². The third-order valence-electron chi connectivity index (χ3n) is 6.55. The number of ether oxygens (including phenoxy) is 1. The molecule has 1 amide bonds. The molecule has 2 N–H and O–H groups in total. The van der Waals surface area contributed by atoms with Gasteiger partial charge in [-0.2, -0.15) is 0 Å². The predicted octanol–water partition coefficient (Wildman–Crippen LogP) is 5.98. The van der Waals surface area contributed by atoms with Crippen molar-refractivity contribution in [2.24, 2.45) is 0 Å². The number of aromatic nitrogens is 3. The largest absolute Gasteiger partial charge is 0.462 e. The lowest BCUT2D eigenvalue weighted by Crippen LogP contribution is -2.23. The molecule has 0 unspecified atom stereocenters. The average Bonchev–Trinajstić information content (AvgIpc) is 3.61. The summed E-state index contributed by atoms with van der Waals surface area (Å²) in [5.41, 5.74) is 3.40. The van der Waals surface area contributed by atoms with E-state index in [1.54, 1.807) is 31.2 Å². The molecule has 1 aliphatic rings. The van der Waals surface area contributed by atoms with Crippen molar-refractivity contribution < 1.29 is 14.3 Å². The first-order valence-corrected chi connectivity index (χ1v) is 14.7. The van der Waals surface area contributed by atoms with Crippen molar-refractivity contribution in [1.82, 2.24) is 14.5 Å². The van der Waals surface area contributed by atoms with E-state index in [2.05, 4.69) is 10.3 Å².